The molecule has 0 aliphatic heterocycles. The number of nitrogens with one attached hydrogen (secondary N) is 3. The zero-order valence-corrected chi connectivity index (χ0v) is 11.3. The van der Waals surface area contributed by atoms with Gasteiger partial charge in [0.25, 0.3) is 5.91 Å². The van der Waals surface area contributed by atoms with Gasteiger partial charge in [0.1, 0.15) is 0 Å². The van der Waals surface area contributed by atoms with E-state index in [4.69, 9.17) is 0 Å². The largest absolute Gasteiger partial charge is 0.352 e. The molecule has 0 atom stereocenters. The van der Waals surface area contributed by atoms with Gasteiger partial charge in [-0.1, -0.05) is 6.92 Å². The van der Waals surface area contributed by atoms with Crippen molar-refractivity contribution in [2.24, 2.45) is 0 Å². The summed E-state index contributed by atoms with van der Waals surface area (Å²) in [6.45, 7) is 1.82. The zero-order chi connectivity index (χ0) is 14.8. The van der Waals surface area contributed by atoms with E-state index >= 15 is 0 Å². The third-order valence-corrected chi connectivity index (χ3v) is 3.15. The molecule has 0 saturated carbocycles. The first-order valence-electron chi connectivity index (χ1n) is 6.50. The molecule has 1 aromatic carbocycles. The van der Waals surface area contributed by atoms with Crippen LogP contribution >= 0.6 is 0 Å². The number of anilines is 1. The van der Waals surface area contributed by atoms with E-state index < -0.39 is 0 Å². The number of fused-ring (bicyclic) bond motifs is 1. The lowest BCUT2D eigenvalue weighted by Crippen LogP contribution is -2.12. The Morgan fingerprint density at radius 2 is 2.14 bits per heavy atom. The molecule has 7 nitrogen and oxygen atoms in total. The molecule has 3 rings (SSSR count). The second-order valence-corrected chi connectivity index (χ2v) is 4.57. The lowest BCUT2D eigenvalue weighted by Gasteiger charge is -2.02. The average Bonchev–Trinajstić information content (AvgIpc) is 3.15. The van der Waals surface area contributed by atoms with Gasteiger partial charge in [-0.2, -0.15) is 15.4 Å². The number of Topliss-reactive ketones (excluding diaryl/α,β-unsaturated/α-hetero) is 1. The van der Waals surface area contributed by atoms with Gasteiger partial charge in [-0.05, 0) is 24.3 Å². The average molecular weight is 283 g/mol. The quantitative estimate of drug-likeness (QED) is 0.638. The number of H-pyrrole nitrogens is 2. The van der Waals surface area contributed by atoms with Crippen molar-refractivity contribution in [2.45, 2.75) is 13.3 Å². The van der Waals surface area contributed by atoms with Crippen LogP contribution in [0.25, 0.3) is 10.9 Å². The van der Waals surface area contributed by atoms with Gasteiger partial charge in [-0.25, -0.2) is 0 Å². The molecule has 3 N–H and O–H groups in total. The smallest absolute Gasteiger partial charge is 0.277 e. The number of aromatic nitrogens is 4. The topological polar surface area (TPSA) is 104 Å². The number of aromatic amines is 2. The Hall–Kier alpha value is -2.96. The highest BCUT2D eigenvalue weighted by Crippen LogP contribution is 2.21. The van der Waals surface area contributed by atoms with E-state index in [1.165, 1.54) is 6.20 Å². The van der Waals surface area contributed by atoms with Crippen LogP contribution in [-0.4, -0.2) is 32.1 Å². The lowest BCUT2D eigenvalue weighted by atomic mass is 10.2. The van der Waals surface area contributed by atoms with Crippen LogP contribution in [0.5, 0.6) is 0 Å². The van der Waals surface area contributed by atoms with Gasteiger partial charge in [0.05, 0.1) is 11.9 Å². The molecular weight excluding hydrogens is 270 g/mol. The molecule has 2 heterocycles. The monoisotopic (exact) mass is 283 g/mol. The van der Waals surface area contributed by atoms with Crippen LogP contribution in [0, 0.1) is 0 Å². The molecule has 1 amide bonds. The summed E-state index contributed by atoms with van der Waals surface area (Å²) >= 11 is 0. The number of nitrogens with zero attached hydrogens (tertiary/aromatic N) is 2. The molecule has 106 valence electrons. The Kier molecular flexibility index (Phi) is 3.23. The molecule has 2 aromatic heterocycles. The van der Waals surface area contributed by atoms with Crippen LogP contribution in [0.2, 0.25) is 0 Å². The normalized spacial score (nSPS) is 10.7. The van der Waals surface area contributed by atoms with Gasteiger partial charge >= 0.3 is 0 Å². The highest BCUT2D eigenvalue weighted by Gasteiger charge is 2.11. The van der Waals surface area contributed by atoms with Crippen molar-refractivity contribution in [1.82, 2.24) is 20.4 Å². The standard InChI is InChI=1S/C14H13N5O2/c1-2-13(20)11-6-8-5-9(3-4-10(8)17-11)16-14(21)12-7-15-19-18-12/h3-7,17H,2H2,1H3,(H,16,21)(H,15,18,19). The van der Waals surface area contributed by atoms with Gasteiger partial charge in [-0.3, -0.25) is 9.59 Å². The Balaban J connectivity index is 1.87. The first-order valence-corrected chi connectivity index (χ1v) is 6.50. The molecule has 0 aliphatic rings. The molecule has 0 spiro atoms. The van der Waals surface area contributed by atoms with Crippen molar-refractivity contribution in [3.05, 3.63) is 41.9 Å². The number of hydrogen-bond acceptors (Lipinski definition) is 4. The minimum Gasteiger partial charge on any atom is -0.352 e. The summed E-state index contributed by atoms with van der Waals surface area (Å²) in [6, 6.07) is 7.17. The molecule has 0 unspecified atom stereocenters. The summed E-state index contributed by atoms with van der Waals surface area (Å²) in [5, 5.41) is 13.3. The van der Waals surface area contributed by atoms with E-state index in [-0.39, 0.29) is 17.4 Å². The number of amides is 1. The predicted octanol–water partition coefficient (Wildman–Crippen LogP) is 2.13. The summed E-state index contributed by atoms with van der Waals surface area (Å²) in [7, 11) is 0. The molecule has 0 bridgehead atoms. The Bertz CT molecular complexity index is 804. The number of ketones is 1. The third kappa shape index (κ3) is 2.53. The second kappa shape index (κ2) is 5.20. The van der Waals surface area contributed by atoms with Crippen molar-refractivity contribution in [1.29, 1.82) is 0 Å². The fourth-order valence-electron chi connectivity index (χ4n) is 2.06. The summed E-state index contributed by atoms with van der Waals surface area (Å²) in [4.78, 5) is 26.6. The third-order valence-electron chi connectivity index (χ3n) is 3.15. The van der Waals surface area contributed by atoms with Crippen LogP contribution < -0.4 is 5.32 Å². The van der Waals surface area contributed by atoms with Crippen molar-refractivity contribution in [2.75, 3.05) is 5.32 Å². The van der Waals surface area contributed by atoms with Gasteiger partial charge in [0.2, 0.25) is 0 Å². The van der Waals surface area contributed by atoms with Crippen LogP contribution in [-0.2, 0) is 0 Å². The maximum atomic E-state index is 11.9. The summed E-state index contributed by atoms with van der Waals surface area (Å²) in [5.74, 6) is -0.289. The molecular formula is C14H13N5O2. The van der Waals surface area contributed by atoms with Crippen LogP contribution in [0.15, 0.2) is 30.5 Å². The van der Waals surface area contributed by atoms with Crippen molar-refractivity contribution < 1.29 is 9.59 Å². The number of carbonyl (C=O) groups excluding carboxylic acids is 2. The molecule has 3 aromatic rings. The minimum absolute atomic E-state index is 0.0550. The molecule has 0 radical (unpaired) electrons. The van der Waals surface area contributed by atoms with E-state index in [0.29, 0.717) is 17.8 Å². The number of rotatable bonds is 4. The maximum absolute atomic E-state index is 11.9. The number of benzene rings is 1. The molecule has 0 saturated heterocycles. The van der Waals surface area contributed by atoms with Gasteiger partial charge < -0.3 is 10.3 Å². The van der Waals surface area contributed by atoms with Gasteiger partial charge in [0, 0.05) is 23.0 Å². The minimum atomic E-state index is -0.344. The van der Waals surface area contributed by atoms with Crippen LogP contribution in [0.4, 0.5) is 5.69 Å². The molecule has 0 aliphatic carbocycles. The Morgan fingerprint density at radius 1 is 1.29 bits per heavy atom. The van der Waals surface area contributed by atoms with Crippen LogP contribution in [0.1, 0.15) is 34.3 Å². The van der Waals surface area contributed by atoms with Crippen molar-refractivity contribution in [3.63, 3.8) is 0 Å². The van der Waals surface area contributed by atoms with Crippen LogP contribution in [0.3, 0.4) is 0 Å². The zero-order valence-electron chi connectivity index (χ0n) is 11.3. The Morgan fingerprint density at radius 3 is 2.86 bits per heavy atom. The van der Waals surface area contributed by atoms with E-state index in [1.54, 1.807) is 18.2 Å². The van der Waals surface area contributed by atoms with E-state index in [1.807, 2.05) is 13.0 Å². The van der Waals surface area contributed by atoms with Crippen molar-refractivity contribution >= 4 is 28.3 Å². The second-order valence-electron chi connectivity index (χ2n) is 4.57. The van der Waals surface area contributed by atoms with Crippen molar-refractivity contribution in [3.8, 4) is 0 Å². The summed E-state index contributed by atoms with van der Waals surface area (Å²) in [6.07, 6.45) is 1.80. The van der Waals surface area contributed by atoms with Gasteiger partial charge in [0.15, 0.2) is 11.5 Å². The van der Waals surface area contributed by atoms with E-state index in [2.05, 4.69) is 25.7 Å². The number of carbonyl (C=O) groups is 2. The fourth-order valence-corrected chi connectivity index (χ4v) is 2.06. The van der Waals surface area contributed by atoms with E-state index in [0.717, 1.165) is 10.9 Å². The van der Waals surface area contributed by atoms with E-state index in [9.17, 15) is 9.59 Å². The maximum Gasteiger partial charge on any atom is 0.277 e. The molecule has 7 heteroatoms. The lowest BCUT2D eigenvalue weighted by molar-refractivity contribution is 0.0982. The first kappa shape index (κ1) is 13.0. The summed E-state index contributed by atoms with van der Waals surface area (Å²) in [5.41, 5.74) is 2.27. The first-order chi connectivity index (χ1) is 10.2. The highest BCUT2D eigenvalue weighted by molar-refractivity contribution is 6.04. The SMILES string of the molecule is CCC(=O)c1cc2cc(NC(=O)c3cn[nH]n3)ccc2[nH]1. The molecule has 0 fully saturated rings. The summed E-state index contributed by atoms with van der Waals surface area (Å²) < 4.78 is 0. The molecule has 21 heavy (non-hydrogen) atoms. The number of hydrogen-bond donors (Lipinski definition) is 3. The fraction of sp³-hybridized carbons (Fsp3) is 0.143. The van der Waals surface area contributed by atoms with Gasteiger partial charge in [-0.15, -0.1) is 0 Å². The Labute approximate surface area is 119 Å². The highest BCUT2D eigenvalue weighted by atomic mass is 16.2. The predicted molar refractivity (Wildman–Crippen MR) is 77.3 cm³/mol.